The molecule has 1 aliphatic carbocycles. The molecule has 1 saturated heterocycles. The zero-order valence-corrected chi connectivity index (χ0v) is 24.6. The van der Waals surface area contributed by atoms with E-state index in [9.17, 15) is 22.8 Å². The monoisotopic (exact) mass is 600 g/mol. The molecule has 0 bridgehead atoms. The number of nitrogens with zero attached hydrogens (tertiary/aromatic N) is 4. The second kappa shape index (κ2) is 13.3. The minimum absolute atomic E-state index is 0.0483. The predicted octanol–water partition coefficient (Wildman–Crippen LogP) is 5.24. The van der Waals surface area contributed by atoms with Gasteiger partial charge in [0.1, 0.15) is 6.61 Å². The van der Waals surface area contributed by atoms with E-state index in [1.54, 1.807) is 6.20 Å². The van der Waals surface area contributed by atoms with E-state index in [-0.39, 0.29) is 35.1 Å². The molecule has 1 saturated carbocycles. The number of alkyl halides is 3. The summed E-state index contributed by atoms with van der Waals surface area (Å²) >= 11 is 0. The van der Waals surface area contributed by atoms with Gasteiger partial charge in [0, 0.05) is 36.2 Å². The van der Waals surface area contributed by atoms with Crippen molar-refractivity contribution in [1.29, 1.82) is 0 Å². The standard InChI is InChI=1S/C31H39F3N6O3/c1-20(2)36-28(41)22-8-12-24(13-9-22)40-26-18-27(43-17-16-39-14-4-3-5-15-39)35-19-25(26)37-30(40)38-29(42)21-6-10-23(11-7-21)31(32,33)34/h6-7,10-11,18-20,22,24H,3-5,8-9,12-17H2,1-2H3,(H,36,41)(H,37,38,42). The zero-order valence-electron chi connectivity index (χ0n) is 24.6. The smallest absolute Gasteiger partial charge is 0.416 e. The van der Waals surface area contributed by atoms with Gasteiger partial charge in [-0.05, 0) is 89.7 Å². The van der Waals surface area contributed by atoms with Crippen molar-refractivity contribution < 1.29 is 27.5 Å². The zero-order chi connectivity index (χ0) is 30.6. The van der Waals surface area contributed by atoms with E-state index in [2.05, 4.69) is 25.2 Å². The Morgan fingerprint density at radius 2 is 1.79 bits per heavy atom. The molecule has 43 heavy (non-hydrogen) atoms. The Labute approximate surface area is 248 Å². The third-order valence-electron chi connectivity index (χ3n) is 8.23. The Bertz CT molecular complexity index is 1480. The number of benzene rings is 1. The molecule has 0 radical (unpaired) electrons. The van der Waals surface area contributed by atoms with Crippen molar-refractivity contribution in [3.8, 4) is 5.88 Å². The lowest BCUT2D eigenvalue weighted by atomic mass is 9.85. The third kappa shape index (κ3) is 7.65. The van der Waals surface area contributed by atoms with Crippen molar-refractivity contribution in [3.05, 3.63) is 53.3 Å². The quantitative estimate of drug-likeness (QED) is 0.368. The fourth-order valence-corrected chi connectivity index (χ4v) is 5.97. The van der Waals surface area contributed by atoms with Crippen LogP contribution in [0.4, 0.5) is 13.2 Å². The highest BCUT2D eigenvalue weighted by Gasteiger charge is 2.31. The molecule has 5 rings (SSSR count). The van der Waals surface area contributed by atoms with Gasteiger partial charge in [-0.3, -0.25) is 14.5 Å². The van der Waals surface area contributed by atoms with E-state index >= 15 is 0 Å². The second-order valence-corrected chi connectivity index (χ2v) is 11.8. The van der Waals surface area contributed by atoms with E-state index in [0.29, 0.717) is 43.7 Å². The van der Waals surface area contributed by atoms with Gasteiger partial charge in [-0.25, -0.2) is 4.98 Å². The summed E-state index contributed by atoms with van der Waals surface area (Å²) in [5, 5.41) is 3.00. The summed E-state index contributed by atoms with van der Waals surface area (Å²) in [4.78, 5) is 40.1. The fourth-order valence-electron chi connectivity index (χ4n) is 5.97. The van der Waals surface area contributed by atoms with Crippen LogP contribution in [0.5, 0.6) is 5.88 Å². The first-order chi connectivity index (χ1) is 20.6. The number of aromatic nitrogens is 3. The largest absolute Gasteiger partial charge is 0.476 e. The van der Waals surface area contributed by atoms with Gasteiger partial charge in [-0.1, -0.05) is 6.42 Å². The molecule has 2 N–H and O–H groups in total. The minimum atomic E-state index is -4.50. The number of amides is 2. The lowest BCUT2D eigenvalue weighted by Crippen LogP contribution is -2.38. The van der Waals surface area contributed by atoms with Gasteiger partial charge in [-0.2, -0.15) is 18.2 Å². The second-order valence-electron chi connectivity index (χ2n) is 11.8. The molecule has 2 aliphatic rings. The maximum atomic E-state index is 13.1. The van der Waals surface area contributed by atoms with E-state index in [4.69, 9.17) is 4.74 Å². The summed E-state index contributed by atoms with van der Waals surface area (Å²) in [6, 6.07) is 5.87. The van der Waals surface area contributed by atoms with Crippen LogP contribution in [0.1, 0.15) is 80.8 Å². The molecule has 1 aromatic carbocycles. The topological polar surface area (TPSA) is 105 Å². The average Bonchev–Trinajstić information content (AvgIpc) is 3.34. The van der Waals surface area contributed by atoms with Gasteiger partial charge < -0.3 is 19.6 Å². The summed E-state index contributed by atoms with van der Waals surface area (Å²) < 4.78 is 47.1. The Morgan fingerprint density at radius 1 is 1.09 bits per heavy atom. The lowest BCUT2D eigenvalue weighted by molar-refractivity contribution is -0.137. The van der Waals surface area contributed by atoms with Crippen LogP contribution in [0, 0.1) is 5.92 Å². The van der Waals surface area contributed by atoms with Crippen LogP contribution < -0.4 is 15.7 Å². The molecule has 0 atom stereocenters. The number of carbonyl (C=O) groups is 2. The molecule has 2 aromatic heterocycles. The lowest BCUT2D eigenvalue weighted by Gasteiger charge is -2.29. The van der Waals surface area contributed by atoms with Crippen LogP contribution in [-0.4, -0.2) is 63.5 Å². The van der Waals surface area contributed by atoms with Crippen LogP contribution in [0.3, 0.4) is 0 Å². The number of aromatic amines is 1. The van der Waals surface area contributed by atoms with Gasteiger partial charge in [0.15, 0.2) is 0 Å². The highest BCUT2D eigenvalue weighted by atomic mass is 19.4. The van der Waals surface area contributed by atoms with Gasteiger partial charge in [0.25, 0.3) is 5.91 Å². The van der Waals surface area contributed by atoms with Crippen LogP contribution in [0.2, 0.25) is 0 Å². The number of ether oxygens (including phenoxy) is 1. The van der Waals surface area contributed by atoms with E-state index in [0.717, 1.165) is 49.4 Å². The maximum Gasteiger partial charge on any atom is 0.416 e. The number of piperidine rings is 1. The molecule has 12 heteroatoms. The minimum Gasteiger partial charge on any atom is -0.476 e. The normalized spacial score (nSPS) is 20.5. The van der Waals surface area contributed by atoms with Crippen LogP contribution in [0.15, 0.2) is 41.5 Å². The number of carbonyl (C=O) groups excluding carboxylic acids is 2. The maximum absolute atomic E-state index is 13.1. The Morgan fingerprint density at radius 3 is 2.44 bits per heavy atom. The van der Waals surface area contributed by atoms with Crippen molar-refractivity contribution in [2.45, 2.75) is 77.1 Å². The van der Waals surface area contributed by atoms with Crippen molar-refractivity contribution in [1.82, 2.24) is 24.8 Å². The average molecular weight is 601 g/mol. The summed E-state index contributed by atoms with van der Waals surface area (Å²) in [6.45, 7) is 7.34. The predicted molar refractivity (Wildman–Crippen MR) is 155 cm³/mol. The van der Waals surface area contributed by atoms with E-state index in [1.807, 2.05) is 24.5 Å². The molecule has 0 unspecified atom stereocenters. The number of pyridine rings is 1. The number of nitrogens with one attached hydrogen (secondary N) is 2. The molecule has 1 aliphatic heterocycles. The first-order valence-corrected chi connectivity index (χ1v) is 15.1. The Kier molecular flexibility index (Phi) is 9.53. The van der Waals surface area contributed by atoms with Crippen LogP contribution in [0.25, 0.3) is 11.0 Å². The molecule has 2 amide bonds. The summed E-state index contributed by atoms with van der Waals surface area (Å²) in [5.41, 5.74) is 0.912. The number of rotatable bonds is 8. The van der Waals surface area contributed by atoms with Gasteiger partial charge in [-0.15, -0.1) is 0 Å². The molecule has 3 heterocycles. The molecule has 2 fully saturated rings. The number of likely N-dealkylation sites (tertiary alicyclic amines) is 1. The van der Waals surface area contributed by atoms with Gasteiger partial charge in [0.2, 0.25) is 17.4 Å². The molecule has 9 nitrogen and oxygen atoms in total. The van der Waals surface area contributed by atoms with Crippen molar-refractivity contribution in [2.24, 2.45) is 10.9 Å². The third-order valence-corrected chi connectivity index (χ3v) is 8.23. The summed E-state index contributed by atoms with van der Waals surface area (Å²) in [6.07, 6.45) is 3.56. The van der Waals surface area contributed by atoms with Gasteiger partial charge in [0.05, 0.1) is 22.8 Å². The molecular weight excluding hydrogens is 561 g/mol. The van der Waals surface area contributed by atoms with Crippen molar-refractivity contribution in [3.63, 3.8) is 0 Å². The number of halogens is 3. The molecular formula is C31H39F3N6O3. The number of H-pyrrole nitrogens is 1. The van der Waals surface area contributed by atoms with Crippen molar-refractivity contribution >= 4 is 22.8 Å². The highest BCUT2D eigenvalue weighted by Crippen LogP contribution is 2.34. The van der Waals surface area contributed by atoms with Crippen LogP contribution >= 0.6 is 0 Å². The summed E-state index contributed by atoms with van der Waals surface area (Å²) in [5.74, 6) is -0.241. The van der Waals surface area contributed by atoms with E-state index in [1.165, 1.54) is 19.3 Å². The Balaban J connectivity index is 1.42. The fraction of sp³-hybridized carbons (Fsp3) is 0.548. The highest BCUT2D eigenvalue weighted by molar-refractivity contribution is 5.95. The van der Waals surface area contributed by atoms with Crippen LogP contribution in [-0.2, 0) is 11.0 Å². The SMILES string of the molecule is CC(C)NC(=O)C1CCC(n2/c(=N/C(=O)c3ccc(C(F)(F)F)cc3)[nH]c3cnc(OCCN4CCCCC4)cc32)CC1. The van der Waals surface area contributed by atoms with Crippen molar-refractivity contribution in [2.75, 3.05) is 26.2 Å². The first kappa shape index (κ1) is 30.8. The number of hydrogen-bond donors (Lipinski definition) is 2. The summed E-state index contributed by atoms with van der Waals surface area (Å²) in [7, 11) is 0. The molecule has 232 valence electrons. The number of fused-ring (bicyclic) bond motifs is 1. The molecule has 3 aromatic rings. The number of hydrogen-bond acceptors (Lipinski definition) is 5. The Hall–Kier alpha value is -3.67. The number of imidazole rings is 1. The van der Waals surface area contributed by atoms with Gasteiger partial charge >= 0.3 is 6.18 Å². The molecule has 0 spiro atoms. The van der Waals surface area contributed by atoms with E-state index < -0.39 is 17.6 Å². The first-order valence-electron chi connectivity index (χ1n) is 15.1.